The highest BCUT2D eigenvalue weighted by Gasteiger charge is 2.32. The first kappa shape index (κ1) is 20.4. The van der Waals surface area contributed by atoms with Crippen LogP contribution in [0.2, 0.25) is 0 Å². The Labute approximate surface area is 183 Å². The van der Waals surface area contributed by atoms with Gasteiger partial charge >= 0.3 is 6.18 Å². The summed E-state index contributed by atoms with van der Waals surface area (Å²) in [6.45, 7) is 2.06. The number of carbonyl (C=O) groups excluding carboxylic acids is 1. The van der Waals surface area contributed by atoms with Crippen LogP contribution in [0.3, 0.4) is 0 Å². The number of halogens is 3. The number of alkyl halides is 3. The van der Waals surface area contributed by atoms with E-state index in [4.69, 9.17) is 0 Å². The van der Waals surface area contributed by atoms with Crippen molar-refractivity contribution in [3.8, 4) is 11.1 Å². The van der Waals surface area contributed by atoms with Crippen LogP contribution < -0.4 is 5.32 Å². The smallest absolute Gasteiger partial charge is 0.324 e. The fourth-order valence-corrected chi connectivity index (χ4v) is 3.96. The second kappa shape index (κ2) is 7.58. The van der Waals surface area contributed by atoms with Gasteiger partial charge in [-0.15, -0.1) is 0 Å². The summed E-state index contributed by atoms with van der Waals surface area (Å²) in [7, 11) is 0. The van der Waals surface area contributed by atoms with Gasteiger partial charge in [0.05, 0.1) is 29.1 Å². The number of nitrogens with one attached hydrogen (secondary N) is 1. The Morgan fingerprint density at radius 3 is 2.53 bits per heavy atom. The molecule has 5 rings (SSSR count). The topological polar surface area (TPSA) is 54.4 Å². The molecule has 0 bridgehead atoms. The monoisotopic (exact) mass is 435 g/mol. The fraction of sp³-hybridized carbons (Fsp3) is 0.240. The van der Waals surface area contributed by atoms with Crippen LogP contribution in [0.4, 0.5) is 24.5 Å². The van der Waals surface area contributed by atoms with Gasteiger partial charge in [0.25, 0.3) is 0 Å². The summed E-state index contributed by atoms with van der Waals surface area (Å²) in [6.07, 6.45) is -0.257. The largest absolute Gasteiger partial charge is 0.416 e. The van der Waals surface area contributed by atoms with Crippen molar-refractivity contribution in [2.45, 2.75) is 38.3 Å². The number of nitrogens with zero attached hydrogens (tertiary/aromatic N) is 2. The Morgan fingerprint density at radius 2 is 1.81 bits per heavy atom. The number of aliphatic imine (C=N–C) groups is 1. The zero-order chi connectivity index (χ0) is 22.5. The van der Waals surface area contributed by atoms with Crippen molar-refractivity contribution in [1.82, 2.24) is 4.98 Å². The molecule has 1 N–H and O–H groups in total. The average Bonchev–Trinajstić information content (AvgIpc) is 3.59. The summed E-state index contributed by atoms with van der Waals surface area (Å²) in [6, 6.07) is 13.0. The lowest BCUT2D eigenvalue weighted by molar-refractivity contribution is -0.137. The van der Waals surface area contributed by atoms with Crippen molar-refractivity contribution >= 4 is 23.0 Å². The summed E-state index contributed by atoms with van der Waals surface area (Å²) >= 11 is 0. The number of hydrogen-bond donors (Lipinski definition) is 1. The number of fused-ring (bicyclic) bond motifs is 1. The highest BCUT2D eigenvalue weighted by molar-refractivity contribution is 6.17. The van der Waals surface area contributed by atoms with E-state index in [0.717, 1.165) is 40.1 Å². The Morgan fingerprint density at radius 1 is 1.03 bits per heavy atom. The van der Waals surface area contributed by atoms with Crippen LogP contribution in [-0.4, -0.2) is 16.6 Å². The highest BCUT2D eigenvalue weighted by Crippen LogP contribution is 2.40. The van der Waals surface area contributed by atoms with Crippen molar-refractivity contribution in [3.05, 3.63) is 77.1 Å². The zero-order valence-corrected chi connectivity index (χ0v) is 17.3. The average molecular weight is 435 g/mol. The number of pyridine rings is 1. The zero-order valence-electron chi connectivity index (χ0n) is 17.3. The molecule has 1 fully saturated rings. The van der Waals surface area contributed by atoms with E-state index in [1.54, 1.807) is 0 Å². The Balaban J connectivity index is 1.52. The predicted octanol–water partition coefficient (Wildman–Crippen LogP) is 6.42. The van der Waals surface area contributed by atoms with Gasteiger partial charge in [0.15, 0.2) is 0 Å². The van der Waals surface area contributed by atoms with Crippen LogP contribution in [0.1, 0.15) is 47.6 Å². The SMILES string of the molecule is Cc1cc(C2CC2)ncc1-c1cccc(C2=Nc3ccc(C(F)(F)F)cc3NC(=O)C2)c1. The van der Waals surface area contributed by atoms with Gasteiger partial charge < -0.3 is 5.32 Å². The molecule has 162 valence electrons. The van der Waals surface area contributed by atoms with Gasteiger partial charge in [-0.2, -0.15) is 13.2 Å². The molecule has 0 unspecified atom stereocenters. The summed E-state index contributed by atoms with van der Waals surface area (Å²) in [4.78, 5) is 21.6. The predicted molar refractivity (Wildman–Crippen MR) is 117 cm³/mol. The molecular weight excluding hydrogens is 415 g/mol. The number of anilines is 1. The van der Waals surface area contributed by atoms with Crippen LogP contribution in [0, 0.1) is 6.92 Å². The van der Waals surface area contributed by atoms with Gasteiger partial charge in [0, 0.05) is 23.4 Å². The third kappa shape index (κ3) is 4.02. The Kier molecular flexibility index (Phi) is 4.84. The van der Waals surface area contributed by atoms with Gasteiger partial charge in [-0.1, -0.05) is 18.2 Å². The van der Waals surface area contributed by atoms with Crippen LogP contribution in [0.5, 0.6) is 0 Å². The maximum Gasteiger partial charge on any atom is 0.416 e. The third-order valence-corrected chi connectivity index (χ3v) is 5.82. The van der Waals surface area contributed by atoms with E-state index in [2.05, 4.69) is 28.3 Å². The quantitative estimate of drug-likeness (QED) is 0.516. The fourth-order valence-electron chi connectivity index (χ4n) is 3.96. The molecule has 2 heterocycles. The molecule has 0 atom stereocenters. The molecule has 7 heteroatoms. The van der Waals surface area contributed by atoms with Crippen molar-refractivity contribution in [3.63, 3.8) is 0 Å². The lowest BCUT2D eigenvalue weighted by atomic mass is 9.97. The molecule has 0 radical (unpaired) electrons. The van der Waals surface area contributed by atoms with Gasteiger partial charge in [-0.05, 0) is 66.8 Å². The number of amides is 1. The second-order valence-corrected chi connectivity index (χ2v) is 8.29. The third-order valence-electron chi connectivity index (χ3n) is 5.82. The maximum absolute atomic E-state index is 13.1. The molecule has 3 aromatic rings. The molecule has 1 saturated carbocycles. The Hall–Kier alpha value is -3.48. The van der Waals surface area contributed by atoms with Gasteiger partial charge in [0.2, 0.25) is 5.91 Å². The van der Waals surface area contributed by atoms with E-state index in [9.17, 15) is 18.0 Å². The minimum absolute atomic E-state index is 0.0304. The van der Waals surface area contributed by atoms with Crippen molar-refractivity contribution < 1.29 is 18.0 Å². The summed E-state index contributed by atoms with van der Waals surface area (Å²) in [5.74, 6) is 0.171. The van der Waals surface area contributed by atoms with E-state index in [0.29, 0.717) is 17.3 Å². The Bertz CT molecular complexity index is 1260. The number of benzene rings is 2. The number of aryl methyl sites for hydroxylation is 1. The van der Waals surface area contributed by atoms with Crippen molar-refractivity contribution in [2.24, 2.45) is 4.99 Å². The molecule has 32 heavy (non-hydrogen) atoms. The van der Waals surface area contributed by atoms with E-state index >= 15 is 0 Å². The van der Waals surface area contributed by atoms with Gasteiger partial charge in [-0.3, -0.25) is 14.8 Å². The molecule has 1 aliphatic carbocycles. The number of rotatable bonds is 3. The normalized spacial score (nSPS) is 16.1. The lowest BCUT2D eigenvalue weighted by Crippen LogP contribution is -2.15. The molecule has 2 aliphatic rings. The van der Waals surface area contributed by atoms with Gasteiger partial charge in [0.1, 0.15) is 0 Å². The molecular formula is C25H20F3N3O. The number of aromatic nitrogens is 1. The van der Waals surface area contributed by atoms with Crippen LogP contribution in [0.25, 0.3) is 11.1 Å². The molecule has 1 aromatic heterocycles. The minimum Gasteiger partial charge on any atom is -0.324 e. The first-order chi connectivity index (χ1) is 15.3. The molecule has 4 nitrogen and oxygen atoms in total. The van der Waals surface area contributed by atoms with E-state index in [-0.39, 0.29) is 12.1 Å². The molecule has 0 saturated heterocycles. The standard InChI is InChI=1S/C25H20F3N3O/c1-14-9-21(15-5-6-15)29-13-19(14)16-3-2-4-17(10-16)22-12-24(32)31-23-11-18(25(26,27)28)7-8-20(23)30-22/h2-4,7-11,13,15H,5-6,12H2,1H3,(H,31,32). The number of carbonyl (C=O) groups is 1. The maximum atomic E-state index is 13.1. The summed E-state index contributed by atoms with van der Waals surface area (Å²) in [5.41, 5.74) is 5.00. The highest BCUT2D eigenvalue weighted by atomic mass is 19.4. The van der Waals surface area contributed by atoms with Crippen molar-refractivity contribution in [1.29, 1.82) is 0 Å². The summed E-state index contributed by atoms with van der Waals surface area (Å²) < 4.78 is 39.2. The van der Waals surface area contributed by atoms with Crippen LogP contribution >= 0.6 is 0 Å². The molecule has 0 spiro atoms. The first-order valence-electron chi connectivity index (χ1n) is 10.4. The van der Waals surface area contributed by atoms with Gasteiger partial charge in [-0.25, -0.2) is 0 Å². The molecule has 1 aliphatic heterocycles. The number of hydrogen-bond acceptors (Lipinski definition) is 3. The van der Waals surface area contributed by atoms with Crippen LogP contribution in [-0.2, 0) is 11.0 Å². The lowest BCUT2D eigenvalue weighted by Gasteiger charge is -2.11. The first-order valence-corrected chi connectivity index (χ1v) is 10.4. The van der Waals surface area contributed by atoms with E-state index in [1.165, 1.54) is 18.9 Å². The molecule has 1 amide bonds. The van der Waals surface area contributed by atoms with Crippen LogP contribution in [0.15, 0.2) is 59.7 Å². The minimum atomic E-state index is -4.49. The molecule has 2 aromatic carbocycles. The van der Waals surface area contributed by atoms with E-state index < -0.39 is 17.6 Å². The summed E-state index contributed by atoms with van der Waals surface area (Å²) in [5, 5.41) is 2.55. The second-order valence-electron chi connectivity index (χ2n) is 8.29. The van der Waals surface area contributed by atoms with E-state index in [1.807, 2.05) is 30.5 Å². The van der Waals surface area contributed by atoms with Crippen molar-refractivity contribution in [2.75, 3.05) is 5.32 Å².